The van der Waals surface area contributed by atoms with Crippen LogP contribution in [0.5, 0.6) is 0 Å². The zero-order valence-electron chi connectivity index (χ0n) is 11.9. The largest absolute Gasteiger partial charge is 0.376 e. The van der Waals surface area contributed by atoms with Gasteiger partial charge >= 0.3 is 0 Å². The standard InChI is InChI=1S/C15H23ClFNO/c1-15(2,3)19-10-4-8-18-9-7-12-5-6-14(17)13(16)11-12/h5-6,11,18H,4,7-10H2,1-3H3. The first-order chi connectivity index (χ1) is 8.88. The normalized spacial score (nSPS) is 11.8. The third-order valence-corrected chi connectivity index (χ3v) is 2.90. The van der Waals surface area contributed by atoms with E-state index in [9.17, 15) is 4.39 Å². The molecule has 1 rings (SSSR count). The van der Waals surface area contributed by atoms with Crippen molar-refractivity contribution >= 4 is 11.6 Å². The summed E-state index contributed by atoms with van der Waals surface area (Å²) in [5, 5.41) is 3.53. The van der Waals surface area contributed by atoms with Gasteiger partial charge in [-0.3, -0.25) is 0 Å². The highest BCUT2D eigenvalue weighted by molar-refractivity contribution is 6.30. The van der Waals surface area contributed by atoms with Crippen molar-refractivity contribution in [2.75, 3.05) is 19.7 Å². The molecule has 0 radical (unpaired) electrons. The molecule has 0 unspecified atom stereocenters. The van der Waals surface area contributed by atoms with E-state index in [1.165, 1.54) is 6.07 Å². The molecule has 0 fully saturated rings. The van der Waals surface area contributed by atoms with Crippen molar-refractivity contribution in [2.24, 2.45) is 0 Å². The van der Waals surface area contributed by atoms with Gasteiger partial charge in [-0.25, -0.2) is 4.39 Å². The van der Waals surface area contributed by atoms with E-state index >= 15 is 0 Å². The molecule has 1 aromatic rings. The van der Waals surface area contributed by atoms with E-state index in [2.05, 4.69) is 26.1 Å². The van der Waals surface area contributed by atoms with Crippen LogP contribution in [-0.4, -0.2) is 25.3 Å². The molecule has 0 aliphatic heterocycles. The summed E-state index contributed by atoms with van der Waals surface area (Å²) < 4.78 is 18.6. The van der Waals surface area contributed by atoms with E-state index in [1.54, 1.807) is 12.1 Å². The molecule has 0 atom stereocenters. The molecule has 4 heteroatoms. The Bertz CT molecular complexity index is 390. The summed E-state index contributed by atoms with van der Waals surface area (Å²) in [5.74, 6) is -0.363. The number of benzene rings is 1. The van der Waals surface area contributed by atoms with Crippen LogP contribution in [0.2, 0.25) is 5.02 Å². The van der Waals surface area contributed by atoms with Gasteiger partial charge in [0, 0.05) is 6.61 Å². The predicted molar refractivity (Wildman–Crippen MR) is 78.3 cm³/mol. The maximum absolute atomic E-state index is 13.0. The van der Waals surface area contributed by atoms with Gasteiger partial charge < -0.3 is 10.1 Å². The van der Waals surface area contributed by atoms with Crippen molar-refractivity contribution in [3.63, 3.8) is 0 Å². The second-order valence-corrected chi connectivity index (χ2v) is 5.97. The Morgan fingerprint density at radius 3 is 2.63 bits per heavy atom. The average molecular weight is 288 g/mol. The topological polar surface area (TPSA) is 21.3 Å². The third kappa shape index (κ3) is 7.51. The number of hydrogen-bond acceptors (Lipinski definition) is 2. The quantitative estimate of drug-likeness (QED) is 0.770. The Labute approximate surface area is 120 Å². The molecule has 2 nitrogen and oxygen atoms in total. The highest BCUT2D eigenvalue weighted by atomic mass is 35.5. The van der Waals surface area contributed by atoms with Crippen molar-refractivity contribution in [3.05, 3.63) is 34.6 Å². The van der Waals surface area contributed by atoms with Crippen molar-refractivity contribution in [2.45, 2.75) is 39.2 Å². The van der Waals surface area contributed by atoms with Crippen LogP contribution in [0, 0.1) is 5.82 Å². The molecule has 0 heterocycles. The first kappa shape index (κ1) is 16.4. The van der Waals surface area contributed by atoms with Gasteiger partial charge in [0.25, 0.3) is 0 Å². The van der Waals surface area contributed by atoms with Gasteiger partial charge in [-0.1, -0.05) is 17.7 Å². The average Bonchev–Trinajstić information content (AvgIpc) is 2.31. The Morgan fingerprint density at radius 1 is 1.26 bits per heavy atom. The van der Waals surface area contributed by atoms with Crippen LogP contribution in [0.15, 0.2) is 18.2 Å². The number of ether oxygens (including phenoxy) is 1. The van der Waals surface area contributed by atoms with E-state index in [0.29, 0.717) is 0 Å². The molecule has 0 aromatic heterocycles. The molecular weight excluding hydrogens is 265 g/mol. The van der Waals surface area contributed by atoms with Gasteiger partial charge in [-0.2, -0.15) is 0 Å². The molecule has 108 valence electrons. The summed E-state index contributed by atoms with van der Waals surface area (Å²) in [6, 6.07) is 4.86. The zero-order valence-corrected chi connectivity index (χ0v) is 12.7. The Hall–Kier alpha value is -0.640. The van der Waals surface area contributed by atoms with Crippen LogP contribution in [0.25, 0.3) is 0 Å². The fourth-order valence-corrected chi connectivity index (χ4v) is 1.83. The van der Waals surface area contributed by atoms with Crippen LogP contribution in [0.4, 0.5) is 4.39 Å². The van der Waals surface area contributed by atoms with Gasteiger partial charge in [0.15, 0.2) is 0 Å². The monoisotopic (exact) mass is 287 g/mol. The highest BCUT2D eigenvalue weighted by Gasteiger charge is 2.08. The lowest BCUT2D eigenvalue weighted by atomic mass is 10.1. The molecule has 0 spiro atoms. The third-order valence-electron chi connectivity index (χ3n) is 2.61. The van der Waals surface area contributed by atoms with Gasteiger partial charge in [0.05, 0.1) is 10.6 Å². The zero-order chi connectivity index (χ0) is 14.3. The Morgan fingerprint density at radius 2 is 2.00 bits per heavy atom. The van der Waals surface area contributed by atoms with E-state index in [0.717, 1.165) is 38.1 Å². The van der Waals surface area contributed by atoms with Crippen molar-refractivity contribution in [3.8, 4) is 0 Å². The van der Waals surface area contributed by atoms with Crippen LogP contribution in [0.1, 0.15) is 32.8 Å². The minimum absolute atomic E-state index is 0.0646. The Kier molecular flexibility index (Phi) is 6.76. The lowest BCUT2D eigenvalue weighted by molar-refractivity contribution is -0.00374. The maximum Gasteiger partial charge on any atom is 0.141 e. The Balaban J connectivity index is 2.09. The van der Waals surface area contributed by atoms with E-state index < -0.39 is 0 Å². The minimum Gasteiger partial charge on any atom is -0.376 e. The molecule has 0 aliphatic rings. The van der Waals surface area contributed by atoms with Crippen LogP contribution in [-0.2, 0) is 11.2 Å². The molecular formula is C15H23ClFNO. The maximum atomic E-state index is 13.0. The molecule has 1 N–H and O–H groups in total. The first-order valence-electron chi connectivity index (χ1n) is 6.67. The summed E-state index contributed by atoms with van der Waals surface area (Å²) in [6.45, 7) is 8.71. The summed E-state index contributed by atoms with van der Waals surface area (Å²) in [6.07, 6.45) is 1.83. The van der Waals surface area contributed by atoms with E-state index in [-0.39, 0.29) is 16.4 Å². The SMILES string of the molecule is CC(C)(C)OCCCNCCc1ccc(F)c(Cl)c1. The number of hydrogen-bond donors (Lipinski definition) is 1. The fraction of sp³-hybridized carbons (Fsp3) is 0.600. The van der Waals surface area contributed by atoms with Crippen LogP contribution >= 0.6 is 11.6 Å². The van der Waals surface area contributed by atoms with Gasteiger partial charge in [-0.15, -0.1) is 0 Å². The fourth-order valence-electron chi connectivity index (χ4n) is 1.63. The summed E-state index contributed by atoms with van der Waals surface area (Å²) in [5.41, 5.74) is 0.982. The number of halogens is 2. The second-order valence-electron chi connectivity index (χ2n) is 5.56. The summed E-state index contributed by atoms with van der Waals surface area (Å²) in [4.78, 5) is 0. The van der Waals surface area contributed by atoms with Crippen LogP contribution in [0.3, 0.4) is 0 Å². The molecule has 19 heavy (non-hydrogen) atoms. The highest BCUT2D eigenvalue weighted by Crippen LogP contribution is 2.16. The van der Waals surface area contributed by atoms with Gasteiger partial charge in [0.2, 0.25) is 0 Å². The first-order valence-corrected chi connectivity index (χ1v) is 7.05. The van der Waals surface area contributed by atoms with Crippen molar-refractivity contribution in [1.82, 2.24) is 5.32 Å². The smallest absolute Gasteiger partial charge is 0.141 e. The van der Waals surface area contributed by atoms with E-state index in [4.69, 9.17) is 16.3 Å². The van der Waals surface area contributed by atoms with E-state index in [1.807, 2.05) is 0 Å². The molecule has 0 saturated heterocycles. The molecule has 0 aliphatic carbocycles. The predicted octanol–water partition coefficient (Wildman–Crippen LogP) is 3.82. The number of nitrogens with one attached hydrogen (secondary N) is 1. The number of rotatable bonds is 7. The van der Waals surface area contributed by atoms with Gasteiger partial charge in [0.1, 0.15) is 5.82 Å². The lowest BCUT2D eigenvalue weighted by Crippen LogP contribution is -2.23. The molecule has 0 bridgehead atoms. The van der Waals surface area contributed by atoms with Crippen molar-refractivity contribution in [1.29, 1.82) is 0 Å². The molecule has 0 saturated carbocycles. The van der Waals surface area contributed by atoms with Crippen LogP contribution < -0.4 is 5.32 Å². The minimum atomic E-state index is -0.363. The summed E-state index contributed by atoms with van der Waals surface area (Å²) >= 11 is 5.73. The molecule has 1 aromatic carbocycles. The summed E-state index contributed by atoms with van der Waals surface area (Å²) in [7, 11) is 0. The van der Waals surface area contributed by atoms with Crippen molar-refractivity contribution < 1.29 is 9.13 Å². The lowest BCUT2D eigenvalue weighted by Gasteiger charge is -2.19. The van der Waals surface area contributed by atoms with Gasteiger partial charge in [-0.05, 0) is 64.4 Å². The molecule has 0 amide bonds. The second kappa shape index (κ2) is 7.83.